The molecule has 12 aromatic carbocycles. The first-order chi connectivity index (χ1) is 39.2. The minimum absolute atomic E-state index is 0. The van der Waals surface area contributed by atoms with E-state index in [2.05, 4.69) is 322 Å². The van der Waals surface area contributed by atoms with Gasteiger partial charge in [0.1, 0.15) is 0 Å². The molecular formula is C76H80Cl2P4Zr2-2. The Morgan fingerprint density at radius 1 is 0.274 bits per heavy atom. The Kier molecular flexibility index (Phi) is 30.4. The summed E-state index contributed by atoms with van der Waals surface area (Å²) in [5.74, 6) is 0. The maximum absolute atomic E-state index is 2.43. The van der Waals surface area contributed by atoms with Crippen LogP contribution in [0.2, 0.25) is 0 Å². The molecule has 8 heteroatoms. The first-order valence-corrected chi connectivity index (χ1v) is 34.8. The van der Waals surface area contributed by atoms with Crippen molar-refractivity contribution in [2.45, 2.75) is 104 Å². The fraction of sp³-hybridized carbons (Fsp3) is 0.211. The largest absolute Gasteiger partial charge is 2.00 e. The van der Waals surface area contributed by atoms with Gasteiger partial charge in [0, 0.05) is 0 Å². The van der Waals surface area contributed by atoms with Crippen molar-refractivity contribution in [3.63, 3.8) is 0 Å². The van der Waals surface area contributed by atoms with Crippen LogP contribution in [0.1, 0.15) is 81.1 Å². The van der Waals surface area contributed by atoms with Gasteiger partial charge in [-0.25, -0.2) is 0 Å². The van der Waals surface area contributed by atoms with E-state index >= 15 is 0 Å². The van der Waals surface area contributed by atoms with Crippen molar-refractivity contribution in [3.05, 3.63) is 267 Å². The number of halogens is 2. The second-order valence-electron chi connectivity index (χ2n) is 21.2. The molecule has 0 nitrogen and oxygen atoms in total. The fourth-order valence-corrected chi connectivity index (χ4v) is 22.2. The monoisotopic (exact) mass is 1370 g/mol. The van der Waals surface area contributed by atoms with E-state index in [0.29, 0.717) is 0 Å². The smallest absolute Gasteiger partial charge is 1.00 e. The SMILES string of the molecule is CCC(C)P(c1cc2ccccc2[cH-]1)C(C)CC.CCC(C)P(c1cc2ccccc2[cH-]1)C(C)CC.[Cl-].[Cl-].[Zr+2].[Zr+2].c1ccc(P(c2ccccc2)c2cc3ccccc3[cH-]2)cc1.c1ccc(P(c2ccccc2)c2cc3ccccc3[cH-]2)cc1. The molecule has 84 heavy (non-hydrogen) atoms. The van der Waals surface area contributed by atoms with E-state index in [9.17, 15) is 0 Å². The molecule has 0 aliphatic carbocycles. The minimum Gasteiger partial charge on any atom is -1.00 e. The Hall–Kier alpha value is -3.73. The molecule has 0 aliphatic rings. The maximum atomic E-state index is 2.43. The molecule has 12 aromatic rings. The second kappa shape index (κ2) is 35.9. The summed E-state index contributed by atoms with van der Waals surface area (Å²) in [6.07, 6.45) is 5.16. The van der Waals surface area contributed by atoms with Crippen LogP contribution >= 0.6 is 31.7 Å². The Bertz CT molecular complexity index is 3260. The molecule has 0 radical (unpaired) electrons. The third kappa shape index (κ3) is 18.2. The molecule has 0 spiro atoms. The van der Waals surface area contributed by atoms with Crippen LogP contribution in [0.4, 0.5) is 0 Å². The molecule has 0 N–H and O–H groups in total. The second-order valence-corrected chi connectivity index (χ2v) is 31.9. The molecule has 0 saturated heterocycles. The van der Waals surface area contributed by atoms with E-state index < -0.39 is 15.8 Å². The topological polar surface area (TPSA) is 0 Å². The van der Waals surface area contributed by atoms with Gasteiger partial charge in [0.05, 0.1) is 0 Å². The summed E-state index contributed by atoms with van der Waals surface area (Å²) in [6.45, 7) is 19.0. The Balaban J connectivity index is 0.000000203. The van der Waals surface area contributed by atoms with E-state index in [-0.39, 0.29) is 93.1 Å². The zero-order valence-corrected chi connectivity index (χ0v) is 60.1. The van der Waals surface area contributed by atoms with E-state index in [1.165, 1.54) is 101 Å². The number of benzene rings is 8. The van der Waals surface area contributed by atoms with Gasteiger partial charge in [-0.15, -0.1) is 161 Å². The standard InChI is InChI=1S/2C21H16P.2C17H24P.2ClH.2Zr/c2*1-3-11-19(12-4-1)22(20-13-5-2-6-14-20)21-15-17-9-7-8-10-18(17)16-21;2*1-5-13(3)18(14(4)6-2)17-11-15-9-7-8-10-16(15)12-17;;;;/h2*1-16H;2*7-14H,5-6H2,1-4H3;2*1H;;/q4*-1;;;2*+2/p-2. The average molecular weight is 1370 g/mol. The van der Waals surface area contributed by atoms with Gasteiger partial charge in [0.2, 0.25) is 0 Å². The van der Waals surface area contributed by atoms with Crippen molar-refractivity contribution in [2.75, 3.05) is 0 Å². The predicted octanol–water partition coefficient (Wildman–Crippen LogP) is 13.2. The van der Waals surface area contributed by atoms with Crippen LogP contribution in [0, 0.1) is 0 Å². The normalized spacial score (nSPS) is 13.0. The van der Waals surface area contributed by atoms with Gasteiger partial charge < -0.3 is 24.8 Å². The first-order valence-electron chi connectivity index (χ1n) is 29.2. The number of fused-ring (bicyclic) bond motifs is 4. The van der Waals surface area contributed by atoms with E-state index in [1.807, 2.05) is 0 Å². The van der Waals surface area contributed by atoms with Crippen molar-refractivity contribution in [1.82, 2.24) is 0 Å². The minimum atomic E-state index is -0.493. The van der Waals surface area contributed by atoms with Gasteiger partial charge in [-0.1, -0.05) is 217 Å². The maximum Gasteiger partial charge on any atom is 2.00 e. The van der Waals surface area contributed by atoms with Crippen LogP contribution in [-0.2, 0) is 52.4 Å². The molecule has 0 aromatic heterocycles. The van der Waals surface area contributed by atoms with Crippen LogP contribution in [0.3, 0.4) is 0 Å². The van der Waals surface area contributed by atoms with Crippen molar-refractivity contribution < 1.29 is 77.2 Å². The number of hydrogen-bond donors (Lipinski definition) is 0. The van der Waals surface area contributed by atoms with Crippen LogP contribution in [0.25, 0.3) is 43.1 Å². The molecule has 428 valence electrons. The zero-order valence-electron chi connectivity index (χ0n) is 50.1. The molecule has 0 aliphatic heterocycles. The molecule has 0 bridgehead atoms. The molecular weight excluding hydrogens is 1290 g/mol. The molecule has 4 unspecified atom stereocenters. The molecule has 12 rings (SSSR count). The summed E-state index contributed by atoms with van der Waals surface area (Å²) >= 11 is 0. The average Bonchev–Trinajstić information content (AvgIpc) is 4.32. The van der Waals surface area contributed by atoms with Gasteiger partial charge in [0.15, 0.2) is 0 Å². The van der Waals surface area contributed by atoms with Gasteiger partial charge in [0.25, 0.3) is 0 Å². The van der Waals surface area contributed by atoms with Crippen molar-refractivity contribution >= 4 is 117 Å². The Morgan fingerprint density at radius 2 is 0.464 bits per heavy atom. The summed E-state index contributed by atoms with van der Waals surface area (Å²) in [4.78, 5) is 0. The molecule has 0 amide bonds. The van der Waals surface area contributed by atoms with Crippen LogP contribution in [-0.4, -0.2) is 22.6 Å². The summed E-state index contributed by atoms with van der Waals surface area (Å²) in [6, 6.07) is 97.2. The van der Waals surface area contributed by atoms with E-state index in [4.69, 9.17) is 0 Å². The summed E-state index contributed by atoms with van der Waals surface area (Å²) in [7, 11) is -1.04. The van der Waals surface area contributed by atoms with Gasteiger partial charge >= 0.3 is 52.4 Å². The molecule has 0 heterocycles. The molecule has 4 atom stereocenters. The quantitative estimate of drug-likeness (QED) is 0.0668. The molecule has 0 saturated carbocycles. The zero-order chi connectivity index (χ0) is 55.8. The van der Waals surface area contributed by atoms with Gasteiger partial charge in [-0.05, 0) is 85.4 Å². The third-order valence-electron chi connectivity index (χ3n) is 15.8. The van der Waals surface area contributed by atoms with E-state index in [1.54, 1.807) is 10.6 Å². The summed E-state index contributed by atoms with van der Waals surface area (Å²) in [5.41, 5.74) is 3.30. The summed E-state index contributed by atoms with van der Waals surface area (Å²) < 4.78 is 0. The Labute approximate surface area is 559 Å². The third-order valence-corrected chi connectivity index (χ3v) is 27.6. The van der Waals surface area contributed by atoms with E-state index in [0.717, 1.165) is 22.6 Å². The number of hydrogen-bond acceptors (Lipinski definition) is 0. The Morgan fingerprint density at radius 3 is 0.679 bits per heavy atom. The van der Waals surface area contributed by atoms with Crippen LogP contribution in [0.15, 0.2) is 267 Å². The fourth-order valence-electron chi connectivity index (χ4n) is 11.0. The van der Waals surface area contributed by atoms with Crippen molar-refractivity contribution in [1.29, 1.82) is 0 Å². The molecule has 0 fully saturated rings. The summed E-state index contributed by atoms with van der Waals surface area (Å²) in [5, 5.41) is 22.6. The predicted molar refractivity (Wildman–Crippen MR) is 368 cm³/mol. The van der Waals surface area contributed by atoms with Crippen LogP contribution < -0.4 is 67.3 Å². The first kappa shape index (κ1) is 71.0. The van der Waals surface area contributed by atoms with Gasteiger partial charge in [-0.3, -0.25) is 0 Å². The van der Waals surface area contributed by atoms with Gasteiger partial charge in [-0.2, -0.15) is 24.3 Å². The van der Waals surface area contributed by atoms with Crippen LogP contribution in [0.5, 0.6) is 0 Å². The van der Waals surface area contributed by atoms with Crippen molar-refractivity contribution in [3.8, 4) is 0 Å². The van der Waals surface area contributed by atoms with Crippen molar-refractivity contribution in [2.24, 2.45) is 0 Å². The number of rotatable bonds is 16.